The Balaban J connectivity index is 1.80. The van der Waals surface area contributed by atoms with Gasteiger partial charge in [0.15, 0.2) is 0 Å². The van der Waals surface area contributed by atoms with Crippen molar-refractivity contribution in [3.05, 3.63) is 0 Å². The third kappa shape index (κ3) is 4.69. The molecular weight excluding hydrogens is 290 g/mol. The molecule has 3 atom stereocenters. The number of nitrogens with zero attached hydrogens (tertiary/aromatic N) is 1. The smallest absolute Gasteiger partial charge is 0.316 e. The van der Waals surface area contributed by atoms with Crippen molar-refractivity contribution >= 4 is 33.9 Å². The highest BCUT2D eigenvalue weighted by molar-refractivity contribution is 8.39. The quantitative estimate of drug-likeness (QED) is 0.739. The van der Waals surface area contributed by atoms with E-state index in [4.69, 9.17) is 4.74 Å². The summed E-state index contributed by atoms with van der Waals surface area (Å²) in [6.07, 6.45) is 3.59. The van der Waals surface area contributed by atoms with Crippen LogP contribution in [0.15, 0.2) is 4.99 Å². The van der Waals surface area contributed by atoms with Crippen molar-refractivity contribution < 1.29 is 9.53 Å². The number of hydrogen-bond acceptors (Lipinski definition) is 5. The Morgan fingerprint density at radius 1 is 1.50 bits per heavy atom. The normalized spacial score (nSPS) is 30.4. The lowest BCUT2D eigenvalue weighted by Gasteiger charge is -2.36. The van der Waals surface area contributed by atoms with Gasteiger partial charge in [0.2, 0.25) is 0 Å². The monoisotopic (exact) mass is 315 g/mol. The lowest BCUT2D eigenvalue weighted by atomic mass is 9.75. The third-order valence-corrected chi connectivity index (χ3v) is 6.34. The van der Waals surface area contributed by atoms with E-state index in [2.05, 4.69) is 25.8 Å². The van der Waals surface area contributed by atoms with Crippen LogP contribution in [-0.2, 0) is 9.53 Å². The molecule has 0 aromatic carbocycles. The first-order valence-corrected chi connectivity index (χ1v) is 9.53. The summed E-state index contributed by atoms with van der Waals surface area (Å²) in [6.45, 7) is 7.62. The second-order valence-electron chi connectivity index (χ2n) is 6.14. The van der Waals surface area contributed by atoms with Crippen LogP contribution < -0.4 is 0 Å². The average molecular weight is 316 g/mol. The van der Waals surface area contributed by atoms with Crippen molar-refractivity contribution in [1.82, 2.24) is 0 Å². The predicted octanol–water partition coefficient (Wildman–Crippen LogP) is 3.83. The van der Waals surface area contributed by atoms with E-state index in [0.29, 0.717) is 23.5 Å². The molecule has 0 aromatic heterocycles. The lowest BCUT2D eigenvalue weighted by Crippen LogP contribution is -2.36. The topological polar surface area (TPSA) is 38.7 Å². The van der Waals surface area contributed by atoms with E-state index in [1.54, 1.807) is 11.8 Å². The van der Waals surface area contributed by atoms with E-state index in [9.17, 15) is 4.79 Å². The Labute approximate surface area is 130 Å². The highest BCUT2D eigenvalue weighted by Gasteiger charge is 2.33. The predicted molar refractivity (Wildman–Crippen MR) is 88.4 cm³/mol. The Bertz CT molecular complexity index is 371. The molecular formula is C15H25NO2S2. The molecule has 2 aliphatic rings. The molecule has 1 aliphatic heterocycles. The maximum Gasteiger partial charge on any atom is 0.316 e. The van der Waals surface area contributed by atoms with Crippen molar-refractivity contribution in [3.8, 4) is 0 Å². The molecule has 2 rings (SSSR count). The van der Waals surface area contributed by atoms with Crippen LogP contribution >= 0.6 is 23.5 Å². The molecule has 0 N–H and O–H groups in total. The van der Waals surface area contributed by atoms with Crippen molar-refractivity contribution in [2.24, 2.45) is 22.7 Å². The Kier molecular flexibility index (Phi) is 6.27. The molecule has 1 saturated carbocycles. The van der Waals surface area contributed by atoms with E-state index in [0.717, 1.165) is 23.1 Å². The van der Waals surface area contributed by atoms with Crippen LogP contribution in [0.5, 0.6) is 0 Å². The van der Waals surface area contributed by atoms with Gasteiger partial charge in [0.05, 0.1) is 12.3 Å². The summed E-state index contributed by atoms with van der Waals surface area (Å²) in [4.78, 5) is 16.4. The van der Waals surface area contributed by atoms with Crippen molar-refractivity contribution in [1.29, 1.82) is 0 Å². The zero-order chi connectivity index (χ0) is 14.5. The lowest BCUT2D eigenvalue weighted by molar-refractivity contribution is -0.152. The maximum atomic E-state index is 12.0. The minimum absolute atomic E-state index is 0.0741. The Hall–Kier alpha value is -0.160. The number of rotatable bonds is 4. The molecule has 0 unspecified atom stereocenters. The van der Waals surface area contributed by atoms with Gasteiger partial charge in [-0.05, 0) is 30.6 Å². The first-order chi connectivity index (χ1) is 9.56. The summed E-state index contributed by atoms with van der Waals surface area (Å²) >= 11 is 3.27. The van der Waals surface area contributed by atoms with Crippen LogP contribution in [0.1, 0.15) is 40.0 Å². The van der Waals surface area contributed by atoms with E-state index < -0.39 is 0 Å². The third-order valence-electron chi connectivity index (χ3n) is 4.12. The molecule has 0 amide bonds. The molecule has 3 nitrogen and oxygen atoms in total. The van der Waals surface area contributed by atoms with Crippen LogP contribution in [0.2, 0.25) is 0 Å². The summed E-state index contributed by atoms with van der Waals surface area (Å²) in [5.74, 6) is 3.16. The minimum atomic E-state index is -0.0741. The van der Waals surface area contributed by atoms with Gasteiger partial charge in [0, 0.05) is 5.75 Å². The first-order valence-electron chi connectivity index (χ1n) is 7.55. The van der Waals surface area contributed by atoms with Gasteiger partial charge in [-0.3, -0.25) is 9.79 Å². The number of thioether (sulfide) groups is 2. The van der Waals surface area contributed by atoms with Gasteiger partial charge >= 0.3 is 5.97 Å². The van der Waals surface area contributed by atoms with Gasteiger partial charge < -0.3 is 4.74 Å². The SMILES string of the molecule is CC(C)[C@H]1CC[C@H](C)C[C@H]1OC(=O)CSC1=NCCS1. The number of carbonyl (C=O) groups is 1. The number of hydrogen-bond donors (Lipinski definition) is 0. The summed E-state index contributed by atoms with van der Waals surface area (Å²) in [5, 5.41) is 0. The molecule has 1 aliphatic carbocycles. The van der Waals surface area contributed by atoms with E-state index >= 15 is 0 Å². The second-order valence-corrected chi connectivity index (χ2v) is 8.45. The summed E-state index contributed by atoms with van der Waals surface area (Å²) in [5.41, 5.74) is 0. The molecule has 0 radical (unpaired) electrons. The van der Waals surface area contributed by atoms with Crippen molar-refractivity contribution in [2.75, 3.05) is 18.1 Å². The standard InChI is InChI=1S/C15H25NO2S2/c1-10(2)12-5-4-11(3)8-13(12)18-14(17)9-20-15-16-6-7-19-15/h10-13H,4-9H2,1-3H3/t11-,12+,13+/m0/s1. The van der Waals surface area contributed by atoms with Crippen molar-refractivity contribution in [3.63, 3.8) is 0 Å². The molecule has 20 heavy (non-hydrogen) atoms. The van der Waals surface area contributed by atoms with Crippen LogP contribution in [0.25, 0.3) is 0 Å². The summed E-state index contributed by atoms with van der Waals surface area (Å²) < 4.78 is 6.81. The van der Waals surface area contributed by atoms with Crippen molar-refractivity contribution in [2.45, 2.75) is 46.1 Å². The maximum absolute atomic E-state index is 12.0. The Morgan fingerprint density at radius 3 is 2.95 bits per heavy atom. The number of esters is 1. The van der Waals surface area contributed by atoms with Gasteiger partial charge in [-0.2, -0.15) is 0 Å². The fraction of sp³-hybridized carbons (Fsp3) is 0.867. The second kappa shape index (κ2) is 7.74. The summed E-state index contributed by atoms with van der Waals surface area (Å²) in [7, 11) is 0. The van der Waals surface area contributed by atoms with Gasteiger partial charge in [-0.25, -0.2) is 0 Å². The van der Waals surface area contributed by atoms with Crippen LogP contribution in [0.3, 0.4) is 0 Å². The first kappa shape index (κ1) is 16.2. The molecule has 1 fully saturated rings. The van der Waals surface area contributed by atoms with Gasteiger partial charge in [-0.15, -0.1) is 0 Å². The molecule has 0 spiro atoms. The van der Waals surface area contributed by atoms with Crippen LogP contribution in [0, 0.1) is 17.8 Å². The number of carbonyl (C=O) groups excluding carboxylic acids is 1. The molecule has 5 heteroatoms. The fourth-order valence-corrected chi connectivity index (χ4v) is 4.77. The van der Waals surface area contributed by atoms with Crippen LogP contribution in [0.4, 0.5) is 0 Å². The molecule has 1 heterocycles. The van der Waals surface area contributed by atoms with E-state index in [-0.39, 0.29) is 12.1 Å². The van der Waals surface area contributed by atoms with E-state index in [1.165, 1.54) is 24.6 Å². The Morgan fingerprint density at radius 2 is 2.30 bits per heavy atom. The minimum Gasteiger partial charge on any atom is -0.461 e. The molecule has 0 saturated heterocycles. The van der Waals surface area contributed by atoms with Gasteiger partial charge in [0.1, 0.15) is 10.5 Å². The zero-order valence-electron chi connectivity index (χ0n) is 12.6. The van der Waals surface area contributed by atoms with Crippen LogP contribution in [-0.4, -0.2) is 34.5 Å². The van der Waals surface area contributed by atoms with E-state index in [1.807, 2.05) is 0 Å². The molecule has 0 bridgehead atoms. The average Bonchev–Trinajstić information content (AvgIpc) is 2.89. The number of aliphatic imine (C=N–C) groups is 1. The largest absolute Gasteiger partial charge is 0.461 e. The molecule has 0 aromatic rings. The highest BCUT2D eigenvalue weighted by atomic mass is 32.2. The zero-order valence-corrected chi connectivity index (χ0v) is 14.3. The highest BCUT2D eigenvalue weighted by Crippen LogP contribution is 2.35. The fourth-order valence-electron chi connectivity index (χ4n) is 2.98. The molecule has 114 valence electrons. The van der Waals surface area contributed by atoms with Gasteiger partial charge in [-0.1, -0.05) is 50.7 Å². The summed E-state index contributed by atoms with van der Waals surface area (Å²) in [6, 6.07) is 0. The van der Waals surface area contributed by atoms with Gasteiger partial charge in [0.25, 0.3) is 0 Å². The number of ether oxygens (including phenoxy) is 1.